The van der Waals surface area contributed by atoms with E-state index in [1.807, 2.05) is 6.07 Å². The summed E-state index contributed by atoms with van der Waals surface area (Å²) in [4.78, 5) is 0. The summed E-state index contributed by atoms with van der Waals surface area (Å²) in [6.45, 7) is 0. The van der Waals surface area contributed by atoms with Crippen LogP contribution in [-0.4, -0.2) is 0 Å². The highest BCUT2D eigenvalue weighted by Crippen LogP contribution is 2.34. The van der Waals surface area contributed by atoms with E-state index in [4.69, 9.17) is 11.6 Å². The van der Waals surface area contributed by atoms with Crippen molar-refractivity contribution in [2.24, 2.45) is 0 Å². The highest BCUT2D eigenvalue weighted by Gasteiger charge is 2.17. The van der Waals surface area contributed by atoms with Crippen LogP contribution >= 0.6 is 11.6 Å². The van der Waals surface area contributed by atoms with E-state index >= 15 is 0 Å². The first-order valence-electron chi connectivity index (χ1n) is 4.20. The van der Waals surface area contributed by atoms with Crippen LogP contribution in [-0.2, 0) is 6.42 Å². The van der Waals surface area contributed by atoms with Crippen LogP contribution in [0.5, 0.6) is 0 Å². The lowest BCUT2D eigenvalue weighted by molar-refractivity contribution is 0.611. The Balaban J connectivity index is 2.46. The molecule has 1 aromatic carbocycles. The molecule has 0 aromatic heterocycles. The number of fused-ring (bicyclic) bond motifs is 1. The van der Waals surface area contributed by atoms with Crippen LogP contribution in [0.1, 0.15) is 29.3 Å². The summed E-state index contributed by atoms with van der Waals surface area (Å²) < 4.78 is 12.8. The monoisotopic (exact) mass is 184 g/mol. The molecule has 1 atom stereocenters. The molecule has 64 valence electrons. The molecular formula is C10H10ClF. The Morgan fingerprint density at radius 2 is 2.25 bits per heavy atom. The molecule has 2 rings (SSSR count). The molecule has 0 aliphatic heterocycles. The SMILES string of the molecule is Fc1ccc2c(c1)CCCC2Cl. The van der Waals surface area contributed by atoms with Gasteiger partial charge in [0.2, 0.25) is 0 Å². The number of benzene rings is 1. The largest absolute Gasteiger partial charge is 0.207 e. The van der Waals surface area contributed by atoms with Crippen molar-refractivity contribution in [2.75, 3.05) is 0 Å². The van der Waals surface area contributed by atoms with Crippen molar-refractivity contribution in [3.05, 3.63) is 35.1 Å². The fourth-order valence-corrected chi connectivity index (χ4v) is 2.09. The summed E-state index contributed by atoms with van der Waals surface area (Å²) in [5.74, 6) is -0.153. The van der Waals surface area contributed by atoms with Crippen LogP contribution in [0.25, 0.3) is 0 Å². The molecule has 0 bridgehead atoms. The third-order valence-electron chi connectivity index (χ3n) is 2.35. The first kappa shape index (κ1) is 8.06. The maximum Gasteiger partial charge on any atom is 0.123 e. The summed E-state index contributed by atoms with van der Waals surface area (Å²) in [5.41, 5.74) is 2.20. The topological polar surface area (TPSA) is 0 Å². The van der Waals surface area contributed by atoms with Crippen LogP contribution in [0.4, 0.5) is 4.39 Å². The first-order chi connectivity index (χ1) is 5.77. The van der Waals surface area contributed by atoms with Crippen molar-refractivity contribution in [1.82, 2.24) is 0 Å². The van der Waals surface area contributed by atoms with Gasteiger partial charge in [0.1, 0.15) is 5.82 Å². The van der Waals surface area contributed by atoms with Gasteiger partial charge in [-0.2, -0.15) is 0 Å². The van der Waals surface area contributed by atoms with Crippen molar-refractivity contribution in [2.45, 2.75) is 24.6 Å². The van der Waals surface area contributed by atoms with E-state index < -0.39 is 0 Å². The molecule has 2 heteroatoms. The molecule has 0 fully saturated rings. The zero-order valence-corrected chi connectivity index (χ0v) is 7.44. The number of hydrogen-bond acceptors (Lipinski definition) is 0. The van der Waals surface area contributed by atoms with E-state index in [1.54, 1.807) is 6.07 Å². The number of rotatable bonds is 0. The zero-order chi connectivity index (χ0) is 8.55. The minimum Gasteiger partial charge on any atom is -0.207 e. The van der Waals surface area contributed by atoms with E-state index in [0.29, 0.717) is 0 Å². The summed E-state index contributed by atoms with van der Waals surface area (Å²) in [5, 5.41) is 0.0920. The van der Waals surface area contributed by atoms with E-state index in [0.717, 1.165) is 30.4 Å². The number of aryl methyl sites for hydroxylation is 1. The second-order valence-corrected chi connectivity index (χ2v) is 3.73. The summed E-state index contributed by atoms with van der Waals surface area (Å²) in [7, 11) is 0. The van der Waals surface area contributed by atoms with Gasteiger partial charge in [-0.3, -0.25) is 0 Å². The third kappa shape index (κ3) is 1.34. The zero-order valence-electron chi connectivity index (χ0n) is 6.69. The molecule has 0 radical (unpaired) electrons. The molecule has 1 aliphatic rings. The predicted octanol–water partition coefficient (Wildman–Crippen LogP) is 3.44. The first-order valence-corrected chi connectivity index (χ1v) is 4.63. The summed E-state index contributed by atoms with van der Waals surface area (Å²) in [6, 6.07) is 4.89. The Bertz CT molecular complexity index is 296. The smallest absolute Gasteiger partial charge is 0.123 e. The number of alkyl halides is 1. The second kappa shape index (κ2) is 3.06. The molecule has 0 spiro atoms. The Kier molecular flexibility index (Phi) is 2.05. The van der Waals surface area contributed by atoms with Gasteiger partial charge < -0.3 is 0 Å². The second-order valence-electron chi connectivity index (χ2n) is 3.20. The molecular weight excluding hydrogens is 175 g/mol. The van der Waals surface area contributed by atoms with Crippen molar-refractivity contribution >= 4 is 11.6 Å². The van der Waals surface area contributed by atoms with Gasteiger partial charge in [-0.05, 0) is 42.5 Å². The quantitative estimate of drug-likeness (QED) is 0.542. The van der Waals surface area contributed by atoms with E-state index in [-0.39, 0.29) is 11.2 Å². The molecule has 0 heterocycles. The van der Waals surface area contributed by atoms with Crippen molar-refractivity contribution < 1.29 is 4.39 Å². The molecule has 1 unspecified atom stereocenters. The van der Waals surface area contributed by atoms with Gasteiger partial charge in [0.05, 0.1) is 5.38 Å². The summed E-state index contributed by atoms with van der Waals surface area (Å²) in [6.07, 6.45) is 3.06. The maximum absolute atomic E-state index is 12.8. The molecule has 0 nitrogen and oxygen atoms in total. The molecule has 1 aromatic rings. The van der Waals surface area contributed by atoms with Gasteiger partial charge in [-0.1, -0.05) is 6.07 Å². The number of hydrogen-bond donors (Lipinski definition) is 0. The molecule has 12 heavy (non-hydrogen) atoms. The highest BCUT2D eigenvalue weighted by atomic mass is 35.5. The lowest BCUT2D eigenvalue weighted by atomic mass is 9.91. The van der Waals surface area contributed by atoms with Crippen LogP contribution in [0, 0.1) is 5.82 Å². The van der Waals surface area contributed by atoms with Gasteiger partial charge in [0.15, 0.2) is 0 Å². The molecule has 0 N–H and O–H groups in total. The van der Waals surface area contributed by atoms with Gasteiger partial charge >= 0.3 is 0 Å². The molecule has 0 saturated heterocycles. The Hall–Kier alpha value is -0.560. The van der Waals surface area contributed by atoms with Gasteiger partial charge in [0.25, 0.3) is 0 Å². The molecule has 1 aliphatic carbocycles. The third-order valence-corrected chi connectivity index (χ3v) is 2.80. The molecule has 0 amide bonds. The van der Waals surface area contributed by atoms with Crippen LogP contribution in [0.3, 0.4) is 0 Å². The van der Waals surface area contributed by atoms with Crippen molar-refractivity contribution in [3.63, 3.8) is 0 Å². The minimum atomic E-state index is -0.153. The van der Waals surface area contributed by atoms with Crippen LogP contribution in [0.15, 0.2) is 18.2 Å². The predicted molar refractivity (Wildman–Crippen MR) is 47.9 cm³/mol. The van der Waals surface area contributed by atoms with Gasteiger partial charge in [-0.25, -0.2) is 4.39 Å². The van der Waals surface area contributed by atoms with E-state index in [9.17, 15) is 4.39 Å². The average molecular weight is 185 g/mol. The highest BCUT2D eigenvalue weighted by molar-refractivity contribution is 6.21. The Labute approximate surface area is 76.4 Å². The van der Waals surface area contributed by atoms with Gasteiger partial charge in [0, 0.05) is 0 Å². The minimum absolute atomic E-state index is 0.0920. The van der Waals surface area contributed by atoms with Crippen LogP contribution < -0.4 is 0 Å². The fourth-order valence-electron chi connectivity index (χ4n) is 1.72. The lowest BCUT2D eigenvalue weighted by Crippen LogP contribution is -2.05. The maximum atomic E-state index is 12.8. The fraction of sp³-hybridized carbons (Fsp3) is 0.400. The van der Waals surface area contributed by atoms with E-state index in [2.05, 4.69) is 0 Å². The Morgan fingerprint density at radius 3 is 3.08 bits per heavy atom. The Morgan fingerprint density at radius 1 is 1.42 bits per heavy atom. The van der Waals surface area contributed by atoms with Crippen LogP contribution in [0.2, 0.25) is 0 Å². The normalized spacial score (nSPS) is 22.0. The van der Waals surface area contributed by atoms with Gasteiger partial charge in [-0.15, -0.1) is 11.6 Å². The lowest BCUT2D eigenvalue weighted by Gasteiger charge is -2.20. The summed E-state index contributed by atoms with van der Waals surface area (Å²) >= 11 is 6.08. The number of halogens is 2. The van der Waals surface area contributed by atoms with E-state index in [1.165, 1.54) is 6.07 Å². The van der Waals surface area contributed by atoms with Crippen molar-refractivity contribution in [3.8, 4) is 0 Å². The van der Waals surface area contributed by atoms with Crippen molar-refractivity contribution in [1.29, 1.82) is 0 Å². The average Bonchev–Trinajstić information content (AvgIpc) is 2.04. The standard InChI is InChI=1S/C10H10ClF/c11-10-3-1-2-7-6-8(12)4-5-9(7)10/h4-6,10H,1-3H2. The molecule has 0 saturated carbocycles.